The summed E-state index contributed by atoms with van der Waals surface area (Å²) in [4.78, 5) is 0. The maximum atomic E-state index is 13.3. The van der Waals surface area contributed by atoms with Crippen LogP contribution in [-0.4, -0.2) is 45.3 Å². The molecule has 0 N–H and O–H groups in total. The molecule has 0 heterocycles. The van der Waals surface area contributed by atoms with Crippen molar-refractivity contribution >= 4 is 8.32 Å². The summed E-state index contributed by atoms with van der Waals surface area (Å²) >= 11 is 0. The molecule has 0 amide bonds. The van der Waals surface area contributed by atoms with Gasteiger partial charge in [-0.2, -0.15) is 48.3 Å². The molecule has 23 heavy (non-hydrogen) atoms. The van der Waals surface area contributed by atoms with E-state index in [-0.39, 0.29) is 0 Å². The molecule has 0 saturated heterocycles. The van der Waals surface area contributed by atoms with E-state index in [2.05, 4.69) is 0 Å². The number of hydrogen-bond donors (Lipinski definition) is 0. The van der Waals surface area contributed by atoms with Crippen LogP contribution >= 0.6 is 0 Å². The molecular weight excluding hydrogens is 373 g/mol. The Morgan fingerprint density at radius 3 is 1.39 bits per heavy atom. The smallest absolute Gasteiger partial charge is 0.420 e. The number of rotatable bonds is 7. The van der Waals surface area contributed by atoms with E-state index in [1.165, 1.54) is 13.1 Å². The van der Waals surface area contributed by atoms with Gasteiger partial charge in [-0.3, -0.25) is 0 Å². The van der Waals surface area contributed by atoms with Gasteiger partial charge < -0.3 is 4.43 Å². The van der Waals surface area contributed by atoms with E-state index in [1.54, 1.807) is 0 Å². The quantitative estimate of drug-likeness (QED) is 0.425. The highest BCUT2D eigenvalue weighted by molar-refractivity contribution is 6.71. The molecule has 0 rings (SSSR count). The molecule has 0 aliphatic rings. The van der Waals surface area contributed by atoms with Crippen molar-refractivity contribution in [2.24, 2.45) is 0 Å². The number of halogens is 11. The topological polar surface area (TPSA) is 9.23 Å². The second-order valence-corrected chi connectivity index (χ2v) is 9.82. The van der Waals surface area contributed by atoms with Gasteiger partial charge in [0.1, 0.15) is 0 Å². The summed E-state index contributed by atoms with van der Waals surface area (Å²) in [5.74, 6) is -27.4. The van der Waals surface area contributed by atoms with Crippen molar-refractivity contribution < 1.29 is 52.7 Å². The fraction of sp³-hybridized carbons (Fsp3) is 1.00. The molecule has 0 aliphatic carbocycles. The third kappa shape index (κ3) is 3.91. The van der Waals surface area contributed by atoms with Crippen molar-refractivity contribution in [1.29, 1.82) is 0 Å². The average Bonchev–Trinajstić information content (AvgIpc) is 2.34. The van der Waals surface area contributed by atoms with Crippen molar-refractivity contribution in [3.05, 3.63) is 0 Å². The summed E-state index contributed by atoms with van der Waals surface area (Å²) in [6.45, 7) is 2.48. The zero-order valence-corrected chi connectivity index (χ0v) is 13.0. The number of alkyl halides is 11. The lowest BCUT2D eigenvalue weighted by atomic mass is 9.96. The lowest BCUT2D eigenvalue weighted by Crippen LogP contribution is -2.66. The molecule has 0 unspecified atom stereocenters. The second kappa shape index (κ2) is 6.04. The molecule has 13 heteroatoms. The fourth-order valence-corrected chi connectivity index (χ4v) is 2.44. The van der Waals surface area contributed by atoms with Crippen molar-refractivity contribution in [3.8, 4) is 0 Å². The zero-order valence-electron chi connectivity index (χ0n) is 12.0. The molecular formula is C10H13F11OSi. The standard InChI is InChI=1S/C10H13F11OSi/c1-22-23(2,3)5-4-6(11,12)7(13,14)8(15,16)9(17,18)10(19,20)21/h4-5H2,1-3H3. The summed E-state index contributed by atoms with van der Waals surface area (Å²) < 4.78 is 144. The molecule has 0 saturated carbocycles. The summed E-state index contributed by atoms with van der Waals surface area (Å²) in [7, 11) is -1.94. The largest absolute Gasteiger partial charge is 0.460 e. The summed E-state index contributed by atoms with van der Waals surface area (Å²) in [6, 6.07) is -0.861. The molecule has 0 aromatic heterocycles. The van der Waals surface area contributed by atoms with Crippen LogP contribution in [0.1, 0.15) is 6.42 Å². The first-order chi connectivity index (χ1) is 9.77. The Morgan fingerprint density at radius 2 is 1.09 bits per heavy atom. The van der Waals surface area contributed by atoms with Crippen LogP contribution < -0.4 is 0 Å². The van der Waals surface area contributed by atoms with Gasteiger partial charge in [-0.05, 0) is 19.1 Å². The van der Waals surface area contributed by atoms with Gasteiger partial charge in [0.05, 0.1) is 0 Å². The lowest BCUT2D eigenvalue weighted by molar-refractivity contribution is -0.422. The fourth-order valence-electron chi connectivity index (χ4n) is 1.32. The molecule has 0 atom stereocenters. The van der Waals surface area contributed by atoms with Crippen molar-refractivity contribution in [3.63, 3.8) is 0 Å². The second-order valence-electron chi connectivity index (χ2n) is 5.39. The molecule has 0 fully saturated rings. The van der Waals surface area contributed by atoms with E-state index in [4.69, 9.17) is 4.43 Å². The Balaban J connectivity index is 5.67. The Morgan fingerprint density at radius 1 is 0.696 bits per heavy atom. The van der Waals surface area contributed by atoms with Gasteiger partial charge in [0.25, 0.3) is 0 Å². The summed E-state index contributed by atoms with van der Waals surface area (Å²) in [5.41, 5.74) is 0. The van der Waals surface area contributed by atoms with E-state index in [0.717, 1.165) is 7.11 Å². The SMILES string of the molecule is CO[Si](C)(C)CCC(F)(F)C(F)(F)C(F)(F)C(F)(F)C(F)(F)F. The van der Waals surface area contributed by atoms with Crippen LogP contribution in [0.3, 0.4) is 0 Å². The summed E-state index contributed by atoms with van der Waals surface area (Å²) in [6.07, 6.45) is -9.16. The number of hydrogen-bond acceptors (Lipinski definition) is 1. The van der Waals surface area contributed by atoms with E-state index in [9.17, 15) is 48.3 Å². The van der Waals surface area contributed by atoms with Crippen LogP contribution in [0.2, 0.25) is 19.1 Å². The van der Waals surface area contributed by atoms with Gasteiger partial charge in [0.2, 0.25) is 0 Å². The highest BCUT2D eigenvalue weighted by Crippen LogP contribution is 2.58. The minimum absolute atomic E-state index is 0.861. The van der Waals surface area contributed by atoms with Crippen LogP contribution in [0.25, 0.3) is 0 Å². The third-order valence-corrected chi connectivity index (χ3v) is 5.76. The van der Waals surface area contributed by atoms with Crippen molar-refractivity contribution in [1.82, 2.24) is 0 Å². The molecule has 0 spiro atoms. The van der Waals surface area contributed by atoms with E-state index < -0.39 is 50.6 Å². The molecule has 140 valence electrons. The Labute approximate surface area is 124 Å². The first-order valence-electron chi connectivity index (χ1n) is 5.90. The van der Waals surface area contributed by atoms with Gasteiger partial charge in [-0.15, -0.1) is 0 Å². The predicted molar refractivity (Wildman–Crippen MR) is 59.8 cm³/mol. The van der Waals surface area contributed by atoms with Crippen LogP contribution in [-0.2, 0) is 4.43 Å². The van der Waals surface area contributed by atoms with E-state index >= 15 is 0 Å². The highest BCUT2D eigenvalue weighted by Gasteiger charge is 2.86. The maximum absolute atomic E-state index is 13.3. The third-order valence-electron chi connectivity index (χ3n) is 3.20. The zero-order chi connectivity index (χ0) is 19.1. The van der Waals surface area contributed by atoms with Gasteiger partial charge in [-0.25, -0.2) is 0 Å². The normalized spacial score (nSPS) is 15.9. The van der Waals surface area contributed by atoms with E-state index in [1.807, 2.05) is 0 Å². The average molecular weight is 386 g/mol. The van der Waals surface area contributed by atoms with E-state index in [0.29, 0.717) is 0 Å². The first kappa shape index (κ1) is 22.4. The van der Waals surface area contributed by atoms with Crippen LogP contribution in [0.4, 0.5) is 48.3 Å². The van der Waals surface area contributed by atoms with Crippen molar-refractivity contribution in [2.75, 3.05) is 7.11 Å². The molecule has 0 bridgehead atoms. The van der Waals surface area contributed by atoms with Crippen LogP contribution in [0, 0.1) is 0 Å². The van der Waals surface area contributed by atoms with Gasteiger partial charge in [-0.1, -0.05) is 0 Å². The molecule has 0 aliphatic heterocycles. The lowest BCUT2D eigenvalue weighted by Gasteiger charge is -2.37. The molecule has 1 nitrogen and oxygen atoms in total. The Kier molecular flexibility index (Phi) is 5.89. The maximum Gasteiger partial charge on any atom is 0.460 e. The monoisotopic (exact) mass is 386 g/mol. The Bertz CT molecular complexity index is 416. The Hall–Kier alpha value is -0.593. The molecule has 0 aromatic rings. The summed E-state index contributed by atoms with van der Waals surface area (Å²) in [5, 5.41) is 0. The first-order valence-corrected chi connectivity index (χ1v) is 9.01. The van der Waals surface area contributed by atoms with Gasteiger partial charge in [0.15, 0.2) is 8.32 Å². The van der Waals surface area contributed by atoms with Crippen LogP contribution in [0.5, 0.6) is 0 Å². The van der Waals surface area contributed by atoms with Crippen LogP contribution in [0.15, 0.2) is 0 Å². The van der Waals surface area contributed by atoms with Gasteiger partial charge >= 0.3 is 29.9 Å². The molecule has 0 radical (unpaired) electrons. The van der Waals surface area contributed by atoms with Gasteiger partial charge in [0, 0.05) is 13.5 Å². The predicted octanol–water partition coefficient (Wildman–Crippen LogP) is 5.33. The minimum atomic E-state index is -7.33. The highest BCUT2D eigenvalue weighted by atomic mass is 28.4. The van der Waals surface area contributed by atoms with Crippen molar-refractivity contribution in [2.45, 2.75) is 55.4 Å². The minimum Gasteiger partial charge on any atom is -0.420 e. The molecule has 0 aromatic carbocycles.